The Morgan fingerprint density at radius 2 is 0.640 bits per heavy atom. The van der Waals surface area contributed by atoms with Crippen LogP contribution in [0.3, 0.4) is 0 Å². The highest BCUT2D eigenvalue weighted by atomic mass is 19.4. The van der Waals surface area contributed by atoms with Crippen LogP contribution in [-0.4, -0.2) is 6.18 Å². The van der Waals surface area contributed by atoms with Crippen LogP contribution in [0.1, 0.15) is 437 Å². The molecular formula is C108H169F3. The highest BCUT2D eigenvalue weighted by molar-refractivity contribution is 5.45. The van der Waals surface area contributed by atoms with E-state index in [1.165, 1.54) is 108 Å². The molecule has 622 valence electrons. The molecule has 0 radical (unpaired) electrons. The fourth-order valence-electron chi connectivity index (χ4n) is 15.7. The summed E-state index contributed by atoms with van der Waals surface area (Å²) < 4.78 is 65.5. The smallest absolute Gasteiger partial charge is 0.171 e. The van der Waals surface area contributed by atoms with Crippen LogP contribution in [0.4, 0.5) is 13.2 Å². The van der Waals surface area contributed by atoms with Crippen LogP contribution in [0.15, 0.2) is 164 Å². The molecule has 3 heteroatoms. The fourth-order valence-corrected chi connectivity index (χ4v) is 15.7. The van der Waals surface area contributed by atoms with Gasteiger partial charge >= 0.3 is 6.18 Å². The van der Waals surface area contributed by atoms with Gasteiger partial charge in [0.05, 0.1) is 5.41 Å². The van der Waals surface area contributed by atoms with Crippen LogP contribution >= 0.6 is 0 Å². The van der Waals surface area contributed by atoms with E-state index in [0.717, 1.165) is 79.0 Å². The van der Waals surface area contributed by atoms with Gasteiger partial charge in [-0.05, 0) is 233 Å². The van der Waals surface area contributed by atoms with Crippen molar-refractivity contribution in [2.45, 2.75) is 413 Å². The van der Waals surface area contributed by atoms with E-state index in [1.54, 1.807) is 17.7 Å². The average molecular weight is 1530 g/mol. The summed E-state index contributed by atoms with van der Waals surface area (Å²) in [6.45, 7) is 78.3. The molecule has 0 aromatic heterocycles. The first kappa shape index (κ1) is 95.9. The molecule has 7 aromatic rings. The predicted molar refractivity (Wildman–Crippen MR) is 491 cm³/mol. The van der Waals surface area contributed by atoms with Gasteiger partial charge in [-0.15, -0.1) is 0 Å². The van der Waals surface area contributed by atoms with E-state index in [1.807, 2.05) is 32.9 Å². The van der Waals surface area contributed by atoms with Crippen LogP contribution in [0, 0.1) is 16.7 Å². The van der Waals surface area contributed by atoms with Gasteiger partial charge < -0.3 is 0 Å². The molecule has 0 heterocycles. The maximum absolute atomic E-state index is 12.9. The van der Waals surface area contributed by atoms with Gasteiger partial charge in [-0.25, -0.2) is 0 Å². The molecule has 0 spiro atoms. The number of hydrogen-bond acceptors (Lipinski definition) is 0. The standard InChI is InChI=1S/C20H34.C16H24.C15H21F3.2C15H24.C14H22.C13H20/c1-8-15(9-2)17-13-12-14-18(16(10-3)11-4)19(17)20(5,6)7;1-16(2,3)15-12-8-7-11-14(15)13-9-5-4-6-10-13;1-13(2,3)12-9-7-6-8-11(12)10-14(4,5)15(16,17)18;1-14(2,3)11-12-9-7-8-10-13(12)15(4,5)6;1-6-12(7-2)13-10-8-9-11-14(13)15(3,4)5;1-11(2)10-12-8-6-7-9-13(12)14(3,4)5;1-10(2)11-8-6-7-9-12(11)13(3,4)5/h12-16H,8-11H2,1-7H3;7-8,11-13H,4-6,9-10H2,1-3H3;6-9H,10H2,1-5H3;7-10H,11H2,1-6H3;8-12H,6-7H2,1-5H3;6-9,11H,10H2,1-5H3;6-10H,1-5H3/i15D,16D;13D;;;;;. The molecule has 1 saturated carbocycles. The third kappa shape index (κ3) is 34.0. The minimum Gasteiger partial charge on any atom is -0.171 e. The van der Waals surface area contributed by atoms with E-state index >= 15 is 0 Å². The first-order valence-corrected chi connectivity index (χ1v) is 43.3. The van der Waals surface area contributed by atoms with E-state index in [2.05, 4.69) is 354 Å². The molecule has 111 heavy (non-hydrogen) atoms. The number of alkyl halides is 3. The van der Waals surface area contributed by atoms with Crippen molar-refractivity contribution in [3.63, 3.8) is 0 Å². The minimum atomic E-state index is -4.18. The lowest BCUT2D eigenvalue weighted by molar-refractivity contribution is -0.211. The lowest BCUT2D eigenvalue weighted by atomic mass is 9.73. The van der Waals surface area contributed by atoms with E-state index in [0.29, 0.717) is 11.3 Å². The van der Waals surface area contributed by atoms with E-state index in [4.69, 9.17) is 4.11 Å². The largest absolute Gasteiger partial charge is 0.394 e. The van der Waals surface area contributed by atoms with Gasteiger partial charge in [0, 0.05) is 4.11 Å². The maximum Gasteiger partial charge on any atom is 0.394 e. The molecule has 1 aliphatic carbocycles. The second-order valence-corrected chi connectivity index (χ2v) is 41.5. The van der Waals surface area contributed by atoms with Crippen molar-refractivity contribution in [2.24, 2.45) is 16.7 Å². The fraction of sp³-hybridized carbons (Fsp3) is 0.611. The summed E-state index contributed by atoms with van der Waals surface area (Å²) in [6, 6.07) is 57.6. The SMILES string of the molecule is CC(C)(C)Cc1ccccc1C(C)(C)C.CC(C)(C)c1ccccc1CC(C)(C)C(F)(F)F.CC(C)Cc1ccccc1C(C)(C)C.CC(C)c1ccccc1C(C)(C)C.CCC(CC)c1ccccc1C(C)(C)C.[2H]C(CC)(CC)c1cccc(C([2H])(CC)CC)c1C(C)(C)C.[2H]C1(c2ccccc2C(C)(C)C)CCCCC1. The molecule has 8 rings (SSSR count). The molecule has 1 fully saturated rings. The molecule has 0 amide bonds. The Labute approximate surface area is 690 Å². The third-order valence-corrected chi connectivity index (χ3v) is 21.7. The molecule has 0 saturated heterocycles. The second-order valence-electron chi connectivity index (χ2n) is 41.5. The van der Waals surface area contributed by atoms with Crippen LogP contribution < -0.4 is 0 Å². The van der Waals surface area contributed by atoms with Gasteiger partial charge in [-0.2, -0.15) is 13.2 Å². The predicted octanol–water partition coefficient (Wildman–Crippen LogP) is 34.7. The molecular weight excluding hydrogens is 1350 g/mol. The molecule has 0 N–H and O–H groups in total. The Bertz CT molecular complexity index is 3870. The lowest BCUT2D eigenvalue weighted by Crippen LogP contribution is -2.34. The van der Waals surface area contributed by atoms with Crippen molar-refractivity contribution in [1.29, 1.82) is 0 Å². The summed E-state index contributed by atoms with van der Waals surface area (Å²) in [5, 5.41) is 0. The molecule has 0 unspecified atom stereocenters. The quantitative estimate of drug-likeness (QED) is 0.0905. The van der Waals surface area contributed by atoms with Crippen molar-refractivity contribution >= 4 is 0 Å². The van der Waals surface area contributed by atoms with Crippen molar-refractivity contribution in [3.8, 4) is 0 Å². The monoisotopic (exact) mass is 1530 g/mol. The average Bonchev–Trinajstić information content (AvgIpc) is 0.761. The number of benzene rings is 7. The maximum atomic E-state index is 12.9. The summed E-state index contributed by atoms with van der Waals surface area (Å²) in [7, 11) is 0. The Morgan fingerprint density at radius 3 is 0.964 bits per heavy atom. The van der Waals surface area contributed by atoms with Crippen molar-refractivity contribution in [1.82, 2.24) is 0 Å². The molecule has 0 bridgehead atoms. The van der Waals surface area contributed by atoms with E-state index < -0.39 is 23.4 Å². The minimum absolute atomic E-state index is 0.0178. The summed E-state index contributed by atoms with van der Waals surface area (Å²) in [6.07, 6.45) is 9.66. The summed E-state index contributed by atoms with van der Waals surface area (Å²) in [4.78, 5) is 0. The van der Waals surface area contributed by atoms with Gasteiger partial charge in [-0.3, -0.25) is 0 Å². The Balaban J connectivity index is 0.000000454. The Morgan fingerprint density at radius 1 is 0.333 bits per heavy atom. The summed E-state index contributed by atoms with van der Waals surface area (Å²) in [5.41, 5.74) is 19.5. The van der Waals surface area contributed by atoms with Crippen LogP contribution in [0.25, 0.3) is 0 Å². The van der Waals surface area contributed by atoms with Gasteiger partial charge in [0.1, 0.15) is 0 Å². The Kier molecular flexibility index (Phi) is 38.4. The number of rotatable bonds is 16. The second kappa shape index (κ2) is 44.4. The topological polar surface area (TPSA) is 0 Å². The number of halogens is 3. The van der Waals surface area contributed by atoms with Crippen molar-refractivity contribution in [2.75, 3.05) is 0 Å². The van der Waals surface area contributed by atoms with Crippen molar-refractivity contribution in [3.05, 3.63) is 247 Å². The van der Waals surface area contributed by atoms with Gasteiger partial charge in [0.15, 0.2) is 0 Å². The van der Waals surface area contributed by atoms with E-state index in [9.17, 15) is 13.2 Å². The third-order valence-electron chi connectivity index (χ3n) is 21.7. The zero-order valence-corrected chi connectivity index (χ0v) is 78.4. The highest BCUT2D eigenvalue weighted by Crippen LogP contribution is 2.45. The Hall–Kier alpha value is -5.67. The summed E-state index contributed by atoms with van der Waals surface area (Å²) in [5.74, 6) is 0.638. The number of hydrogen-bond donors (Lipinski definition) is 0. The van der Waals surface area contributed by atoms with Crippen LogP contribution in [0.5, 0.6) is 0 Å². The first-order chi connectivity index (χ1) is 52.0. The van der Waals surface area contributed by atoms with Crippen LogP contribution in [-0.2, 0) is 57.2 Å². The van der Waals surface area contributed by atoms with Gasteiger partial charge in [0.25, 0.3) is 0 Å². The van der Waals surface area contributed by atoms with E-state index in [-0.39, 0.29) is 50.2 Å². The molecule has 7 aromatic carbocycles. The molecule has 0 nitrogen and oxygen atoms in total. The van der Waals surface area contributed by atoms with Gasteiger partial charge in [0.2, 0.25) is 0 Å². The zero-order chi connectivity index (χ0) is 87.9. The van der Waals surface area contributed by atoms with Gasteiger partial charge in [-0.1, -0.05) is 432 Å². The molecule has 1 aliphatic rings. The van der Waals surface area contributed by atoms with Crippen molar-refractivity contribution < 1.29 is 17.3 Å². The molecule has 0 atom stereocenters. The molecule has 0 aliphatic heterocycles. The summed E-state index contributed by atoms with van der Waals surface area (Å²) >= 11 is 0. The lowest BCUT2D eigenvalue weighted by Gasteiger charge is -2.32. The first-order valence-electron chi connectivity index (χ1n) is 44.8. The highest BCUT2D eigenvalue weighted by Gasteiger charge is 2.47. The zero-order valence-electron chi connectivity index (χ0n) is 81.4. The van der Waals surface area contributed by atoms with Crippen LogP contribution in [0.2, 0.25) is 0 Å². The normalized spacial score (nSPS) is 14.4.